The molecule has 0 heterocycles. The van der Waals surface area contributed by atoms with Gasteiger partial charge in [0.2, 0.25) is 5.91 Å². The molecule has 2 aliphatic carbocycles. The van der Waals surface area contributed by atoms with Crippen molar-refractivity contribution in [2.24, 2.45) is 11.8 Å². The highest BCUT2D eigenvalue weighted by Crippen LogP contribution is 2.44. The van der Waals surface area contributed by atoms with Crippen LogP contribution in [-0.2, 0) is 11.2 Å². The Labute approximate surface area is 127 Å². The third-order valence-corrected chi connectivity index (χ3v) is 4.97. The van der Waals surface area contributed by atoms with Gasteiger partial charge in [0.1, 0.15) is 0 Å². The third kappa shape index (κ3) is 3.99. The molecular weight excluding hydrogens is 260 g/mol. The largest absolute Gasteiger partial charge is 0.382 e. The Morgan fingerprint density at radius 2 is 1.86 bits per heavy atom. The van der Waals surface area contributed by atoms with Crippen molar-refractivity contribution in [3.05, 3.63) is 29.8 Å². The molecule has 0 bridgehead atoms. The van der Waals surface area contributed by atoms with Crippen molar-refractivity contribution < 1.29 is 4.79 Å². The Kier molecular flexibility index (Phi) is 4.47. The Balaban J connectivity index is 1.53. The molecule has 2 fully saturated rings. The highest BCUT2D eigenvalue weighted by molar-refractivity contribution is 5.78. The lowest BCUT2D eigenvalue weighted by Gasteiger charge is -2.30. The number of carbonyl (C=O) groups is 1. The van der Waals surface area contributed by atoms with Gasteiger partial charge in [0.15, 0.2) is 0 Å². The molecule has 3 rings (SSSR count). The molecular formula is C18H26N2O. The van der Waals surface area contributed by atoms with Crippen LogP contribution in [0.3, 0.4) is 0 Å². The van der Waals surface area contributed by atoms with Gasteiger partial charge < -0.3 is 10.6 Å². The van der Waals surface area contributed by atoms with E-state index >= 15 is 0 Å². The summed E-state index contributed by atoms with van der Waals surface area (Å²) in [7, 11) is 1.68. The summed E-state index contributed by atoms with van der Waals surface area (Å²) in [6.45, 7) is 0. The van der Waals surface area contributed by atoms with Crippen LogP contribution in [0, 0.1) is 11.8 Å². The van der Waals surface area contributed by atoms with Gasteiger partial charge in [-0.25, -0.2) is 0 Å². The number of amides is 1. The fourth-order valence-electron chi connectivity index (χ4n) is 3.58. The van der Waals surface area contributed by atoms with Crippen molar-refractivity contribution in [2.75, 3.05) is 12.4 Å². The van der Waals surface area contributed by atoms with E-state index in [2.05, 4.69) is 34.9 Å². The van der Waals surface area contributed by atoms with E-state index in [1.807, 2.05) is 0 Å². The number of carbonyl (C=O) groups excluding carboxylic acids is 1. The predicted molar refractivity (Wildman–Crippen MR) is 86.3 cm³/mol. The predicted octanol–water partition coefficient (Wildman–Crippen LogP) is 3.36. The maximum absolute atomic E-state index is 11.4. The molecule has 2 unspecified atom stereocenters. The summed E-state index contributed by atoms with van der Waals surface area (Å²) < 4.78 is 0. The standard InChI is InChI=1S/C18H26N2O/c1-19-18(21)11-13-5-9-16(10-6-13)20-17-4-2-3-15(12-17)14-7-8-14/h5-6,9-10,14-15,17,20H,2-4,7-8,11-12H2,1H3,(H,19,21). The maximum atomic E-state index is 11.4. The van der Waals surface area contributed by atoms with Crippen LogP contribution >= 0.6 is 0 Å². The zero-order valence-electron chi connectivity index (χ0n) is 12.9. The van der Waals surface area contributed by atoms with Gasteiger partial charge in [-0.2, -0.15) is 0 Å². The zero-order chi connectivity index (χ0) is 14.7. The van der Waals surface area contributed by atoms with E-state index in [-0.39, 0.29) is 5.91 Å². The first-order valence-electron chi connectivity index (χ1n) is 8.30. The van der Waals surface area contributed by atoms with E-state index in [9.17, 15) is 4.79 Å². The molecule has 2 saturated carbocycles. The van der Waals surface area contributed by atoms with Crippen LogP contribution in [0.25, 0.3) is 0 Å². The molecule has 0 spiro atoms. The van der Waals surface area contributed by atoms with Crippen LogP contribution < -0.4 is 10.6 Å². The van der Waals surface area contributed by atoms with E-state index < -0.39 is 0 Å². The molecule has 21 heavy (non-hydrogen) atoms. The fraction of sp³-hybridized carbons (Fsp3) is 0.611. The smallest absolute Gasteiger partial charge is 0.224 e. The summed E-state index contributed by atoms with van der Waals surface area (Å²) in [5.74, 6) is 2.06. The van der Waals surface area contributed by atoms with E-state index in [0.29, 0.717) is 12.5 Å². The summed E-state index contributed by atoms with van der Waals surface area (Å²) >= 11 is 0. The number of benzene rings is 1. The van der Waals surface area contributed by atoms with Gasteiger partial charge in [-0.05, 0) is 55.2 Å². The number of hydrogen-bond acceptors (Lipinski definition) is 2. The summed E-state index contributed by atoms with van der Waals surface area (Å²) in [5, 5.41) is 6.35. The number of nitrogens with one attached hydrogen (secondary N) is 2. The van der Waals surface area contributed by atoms with Gasteiger partial charge >= 0.3 is 0 Å². The first-order valence-corrected chi connectivity index (χ1v) is 8.30. The minimum Gasteiger partial charge on any atom is -0.382 e. The molecule has 2 N–H and O–H groups in total. The lowest BCUT2D eigenvalue weighted by atomic mass is 9.82. The summed E-state index contributed by atoms with van der Waals surface area (Å²) in [6, 6.07) is 8.96. The van der Waals surface area contributed by atoms with Crippen LogP contribution in [-0.4, -0.2) is 19.0 Å². The maximum Gasteiger partial charge on any atom is 0.224 e. The van der Waals surface area contributed by atoms with Crippen LogP contribution in [0.5, 0.6) is 0 Å². The average molecular weight is 286 g/mol. The van der Waals surface area contributed by atoms with Crippen molar-refractivity contribution in [3.8, 4) is 0 Å². The van der Waals surface area contributed by atoms with E-state index in [4.69, 9.17) is 0 Å². The summed E-state index contributed by atoms with van der Waals surface area (Å²) in [5.41, 5.74) is 2.26. The van der Waals surface area contributed by atoms with Gasteiger partial charge in [-0.3, -0.25) is 4.79 Å². The molecule has 0 aliphatic heterocycles. The second-order valence-electron chi connectivity index (χ2n) is 6.65. The molecule has 1 aromatic rings. The number of rotatable bonds is 5. The zero-order valence-corrected chi connectivity index (χ0v) is 12.9. The normalized spacial score (nSPS) is 25.4. The van der Waals surface area contributed by atoms with Crippen LogP contribution in [0.1, 0.15) is 44.1 Å². The SMILES string of the molecule is CNC(=O)Cc1ccc(NC2CCCC(C3CC3)C2)cc1. The lowest BCUT2D eigenvalue weighted by molar-refractivity contribution is -0.119. The van der Waals surface area contributed by atoms with Crippen molar-refractivity contribution in [1.82, 2.24) is 5.32 Å². The number of anilines is 1. The van der Waals surface area contributed by atoms with Crippen LogP contribution in [0.4, 0.5) is 5.69 Å². The highest BCUT2D eigenvalue weighted by atomic mass is 16.1. The van der Waals surface area contributed by atoms with E-state index in [1.165, 1.54) is 44.2 Å². The number of likely N-dealkylation sites (N-methyl/N-ethyl adjacent to an activating group) is 1. The molecule has 0 aromatic heterocycles. The topological polar surface area (TPSA) is 41.1 Å². The third-order valence-electron chi connectivity index (χ3n) is 4.97. The minimum absolute atomic E-state index is 0.0651. The first kappa shape index (κ1) is 14.4. The minimum atomic E-state index is 0.0651. The highest BCUT2D eigenvalue weighted by Gasteiger charge is 2.34. The van der Waals surface area contributed by atoms with E-state index in [0.717, 1.165) is 17.4 Å². The molecule has 0 saturated heterocycles. The Hall–Kier alpha value is -1.51. The van der Waals surface area contributed by atoms with Crippen LogP contribution in [0.2, 0.25) is 0 Å². The van der Waals surface area contributed by atoms with Crippen LogP contribution in [0.15, 0.2) is 24.3 Å². The lowest BCUT2D eigenvalue weighted by Crippen LogP contribution is -2.28. The second-order valence-corrected chi connectivity index (χ2v) is 6.65. The Bertz CT molecular complexity index is 478. The molecule has 114 valence electrons. The van der Waals surface area contributed by atoms with Gasteiger partial charge in [0.25, 0.3) is 0 Å². The quantitative estimate of drug-likeness (QED) is 0.871. The molecule has 3 nitrogen and oxygen atoms in total. The van der Waals surface area contributed by atoms with Gasteiger partial charge in [-0.15, -0.1) is 0 Å². The second kappa shape index (κ2) is 6.50. The molecule has 1 amide bonds. The Morgan fingerprint density at radius 1 is 1.10 bits per heavy atom. The first-order chi connectivity index (χ1) is 10.2. The molecule has 3 heteroatoms. The van der Waals surface area contributed by atoms with Gasteiger partial charge in [-0.1, -0.05) is 25.0 Å². The Morgan fingerprint density at radius 3 is 2.52 bits per heavy atom. The van der Waals surface area contributed by atoms with Crippen molar-refractivity contribution in [3.63, 3.8) is 0 Å². The molecule has 2 atom stereocenters. The fourth-order valence-corrected chi connectivity index (χ4v) is 3.58. The average Bonchev–Trinajstić information content (AvgIpc) is 3.34. The molecule has 2 aliphatic rings. The van der Waals surface area contributed by atoms with Gasteiger partial charge in [0.05, 0.1) is 6.42 Å². The number of hydrogen-bond donors (Lipinski definition) is 2. The van der Waals surface area contributed by atoms with Crippen molar-refractivity contribution in [2.45, 2.75) is 51.0 Å². The van der Waals surface area contributed by atoms with E-state index in [1.54, 1.807) is 7.05 Å². The summed E-state index contributed by atoms with van der Waals surface area (Å²) in [6.07, 6.45) is 8.83. The monoisotopic (exact) mass is 286 g/mol. The summed E-state index contributed by atoms with van der Waals surface area (Å²) in [4.78, 5) is 11.4. The van der Waals surface area contributed by atoms with Gasteiger partial charge in [0, 0.05) is 18.8 Å². The molecule has 1 aromatic carbocycles. The van der Waals surface area contributed by atoms with Crippen molar-refractivity contribution in [1.29, 1.82) is 0 Å². The molecule has 0 radical (unpaired) electrons. The van der Waals surface area contributed by atoms with Crippen molar-refractivity contribution >= 4 is 11.6 Å².